The molecule has 4 fully saturated rings. The van der Waals surface area contributed by atoms with E-state index in [1.165, 1.54) is 37.0 Å². The first-order valence-electron chi connectivity index (χ1n) is 13.3. The van der Waals surface area contributed by atoms with Gasteiger partial charge >= 0.3 is 0 Å². The lowest BCUT2D eigenvalue weighted by atomic mass is 9.95. The summed E-state index contributed by atoms with van der Waals surface area (Å²) in [5.41, 5.74) is 1.14. The highest BCUT2D eigenvalue weighted by molar-refractivity contribution is 6.05. The number of carbonyl (C=O) groups excluding carboxylic acids is 3. The lowest BCUT2D eigenvalue weighted by molar-refractivity contribution is -0.136. The summed E-state index contributed by atoms with van der Waals surface area (Å²) in [6, 6.07) is 2.56. The van der Waals surface area contributed by atoms with Crippen LogP contribution in [0.5, 0.6) is 0 Å². The summed E-state index contributed by atoms with van der Waals surface area (Å²) in [6.45, 7) is 5.36. The number of nitrogens with one attached hydrogen (secondary N) is 3. The molecule has 0 spiro atoms. The van der Waals surface area contributed by atoms with Crippen LogP contribution in [-0.4, -0.2) is 80.1 Å². The van der Waals surface area contributed by atoms with Crippen LogP contribution in [0.15, 0.2) is 12.1 Å². The number of hydrogen-bond acceptors (Lipinski definition) is 7. The fourth-order valence-electron chi connectivity index (χ4n) is 5.45. The van der Waals surface area contributed by atoms with Crippen molar-refractivity contribution in [3.8, 4) is 0 Å². The van der Waals surface area contributed by atoms with E-state index in [1.807, 2.05) is 4.90 Å². The summed E-state index contributed by atoms with van der Waals surface area (Å²) in [5, 5.41) is 8.82. The number of benzene rings is 1. The third-order valence-electron chi connectivity index (χ3n) is 7.81. The van der Waals surface area contributed by atoms with Crippen molar-refractivity contribution in [2.45, 2.75) is 69.7 Å². The molecule has 3 amide bonds. The van der Waals surface area contributed by atoms with Crippen LogP contribution >= 0.6 is 0 Å². The van der Waals surface area contributed by atoms with Gasteiger partial charge in [-0.3, -0.25) is 19.7 Å². The third-order valence-corrected chi connectivity index (χ3v) is 7.81. The zero-order chi connectivity index (χ0) is 25.1. The number of hydrogen-bond donors (Lipinski definition) is 3. The van der Waals surface area contributed by atoms with Gasteiger partial charge in [-0.2, -0.15) is 0 Å². The van der Waals surface area contributed by atoms with Gasteiger partial charge in [-0.05, 0) is 63.7 Å². The summed E-state index contributed by atoms with van der Waals surface area (Å²) in [5.74, 6) is -1.56. The van der Waals surface area contributed by atoms with Crippen molar-refractivity contribution in [3.63, 3.8) is 0 Å². The van der Waals surface area contributed by atoms with Crippen molar-refractivity contribution in [2.75, 3.05) is 44.2 Å². The van der Waals surface area contributed by atoms with Gasteiger partial charge in [0.1, 0.15) is 6.04 Å². The Bertz CT molecular complexity index is 989. The molecule has 196 valence electrons. The molecule has 1 aromatic carbocycles. The van der Waals surface area contributed by atoms with Crippen LogP contribution < -0.4 is 20.9 Å². The van der Waals surface area contributed by atoms with Crippen molar-refractivity contribution in [3.05, 3.63) is 29.1 Å². The lowest BCUT2D eigenvalue weighted by Gasteiger charge is -2.32. The minimum atomic E-state index is -0.723. The number of carbonyl (C=O) groups is 3. The Morgan fingerprint density at radius 1 is 0.889 bits per heavy atom. The van der Waals surface area contributed by atoms with E-state index in [0.717, 1.165) is 26.2 Å². The first kappa shape index (κ1) is 25.1. The summed E-state index contributed by atoms with van der Waals surface area (Å²) in [6.07, 6.45) is 8.10. The molecule has 6 rings (SSSR count). The van der Waals surface area contributed by atoms with Crippen molar-refractivity contribution in [1.29, 1.82) is 0 Å². The average Bonchev–Trinajstić information content (AvgIpc) is 3.20. The van der Waals surface area contributed by atoms with Crippen molar-refractivity contribution in [1.82, 2.24) is 20.9 Å². The maximum atomic E-state index is 15.0. The largest absolute Gasteiger partial charge is 0.375 e. The van der Waals surface area contributed by atoms with E-state index in [0.29, 0.717) is 42.1 Å². The molecule has 0 bridgehead atoms. The molecule has 9 nitrogen and oxygen atoms in total. The molecule has 1 aliphatic carbocycles. The molecule has 4 aliphatic heterocycles. The maximum absolute atomic E-state index is 15.0. The van der Waals surface area contributed by atoms with Gasteiger partial charge in [0.2, 0.25) is 11.8 Å². The summed E-state index contributed by atoms with van der Waals surface area (Å²) in [7, 11) is 0. The topological polar surface area (TPSA) is 103 Å². The molecule has 36 heavy (non-hydrogen) atoms. The Kier molecular flexibility index (Phi) is 7.83. The van der Waals surface area contributed by atoms with Crippen LogP contribution in [0.3, 0.4) is 0 Å². The average molecular weight is 502 g/mol. The van der Waals surface area contributed by atoms with Crippen LogP contribution in [0.1, 0.15) is 60.9 Å². The van der Waals surface area contributed by atoms with Gasteiger partial charge in [-0.25, -0.2) is 4.39 Å². The Hall–Kier alpha value is -2.56. The minimum absolute atomic E-state index is 0.0617. The van der Waals surface area contributed by atoms with Gasteiger partial charge in [-0.1, -0.05) is 0 Å². The quantitative estimate of drug-likeness (QED) is 0.535. The zero-order valence-electron chi connectivity index (χ0n) is 20.7. The lowest BCUT2D eigenvalue weighted by Crippen LogP contribution is -2.52. The van der Waals surface area contributed by atoms with Gasteiger partial charge in [0, 0.05) is 43.7 Å². The summed E-state index contributed by atoms with van der Waals surface area (Å²) < 4.78 is 20.9. The maximum Gasteiger partial charge on any atom is 0.255 e. The molecule has 1 atom stereocenters. The highest BCUT2D eigenvalue weighted by Crippen LogP contribution is 2.34. The second-order valence-corrected chi connectivity index (χ2v) is 10.2. The fourth-order valence-corrected chi connectivity index (χ4v) is 5.45. The monoisotopic (exact) mass is 501 g/mol. The highest BCUT2D eigenvalue weighted by Gasteiger charge is 2.40. The van der Waals surface area contributed by atoms with E-state index in [-0.39, 0.29) is 37.0 Å². The van der Waals surface area contributed by atoms with Gasteiger partial charge in [0.05, 0.1) is 24.4 Å². The Morgan fingerprint density at radius 2 is 1.58 bits per heavy atom. The molecule has 1 unspecified atom stereocenters. The molecule has 0 radical (unpaired) electrons. The molecule has 5 aliphatic rings. The van der Waals surface area contributed by atoms with E-state index in [4.69, 9.17) is 4.74 Å². The van der Waals surface area contributed by atoms with Crippen molar-refractivity contribution >= 4 is 23.4 Å². The van der Waals surface area contributed by atoms with Crippen molar-refractivity contribution < 1.29 is 23.5 Å². The van der Waals surface area contributed by atoms with Crippen LogP contribution in [0.25, 0.3) is 0 Å². The third kappa shape index (κ3) is 5.40. The second kappa shape index (κ2) is 11.2. The number of nitrogens with zero attached hydrogens (tertiary/aromatic N) is 2. The number of imide groups is 1. The van der Waals surface area contributed by atoms with Crippen LogP contribution in [0.2, 0.25) is 0 Å². The number of amides is 3. The number of ether oxygens (including phenoxy) is 1. The SMILES string of the molecule is C1CC(OC2CCNCC2)C1.O=C1CCC(N2Cc3c(ccc(N4CCNCC4)c3F)C2=O)C(=O)N1. The molecule has 10 heteroatoms. The van der Waals surface area contributed by atoms with E-state index in [9.17, 15) is 14.4 Å². The van der Waals surface area contributed by atoms with E-state index in [2.05, 4.69) is 16.0 Å². The van der Waals surface area contributed by atoms with Gasteiger partial charge < -0.3 is 25.2 Å². The standard InChI is InChI=1S/C17H19FN4O3.C9H17NO/c18-15-11-9-22(13-3-4-14(23)20-16(13)24)17(25)10(11)1-2-12(15)21-7-5-19-6-8-21;1-2-8(3-1)11-9-4-6-10-7-5-9/h1-2,13,19H,3-9H2,(H,20,23,24);8-10H,1-7H2. The number of piperazine rings is 1. The molecule has 1 aromatic rings. The zero-order valence-corrected chi connectivity index (χ0v) is 20.7. The normalized spacial score (nSPS) is 25.1. The molecule has 4 heterocycles. The smallest absolute Gasteiger partial charge is 0.255 e. The first-order chi connectivity index (χ1) is 17.5. The number of rotatable bonds is 4. The Balaban J connectivity index is 0.000000202. The van der Waals surface area contributed by atoms with E-state index >= 15 is 4.39 Å². The summed E-state index contributed by atoms with van der Waals surface area (Å²) >= 11 is 0. The Labute approximate surface area is 211 Å². The predicted molar refractivity (Wildman–Crippen MR) is 132 cm³/mol. The second-order valence-electron chi connectivity index (χ2n) is 10.2. The summed E-state index contributed by atoms with van der Waals surface area (Å²) in [4.78, 5) is 39.3. The molecule has 3 N–H and O–H groups in total. The molecule has 0 aromatic heterocycles. The van der Waals surface area contributed by atoms with E-state index in [1.54, 1.807) is 12.1 Å². The molecular weight excluding hydrogens is 465 g/mol. The van der Waals surface area contributed by atoms with Crippen molar-refractivity contribution in [2.24, 2.45) is 0 Å². The minimum Gasteiger partial charge on any atom is -0.375 e. The van der Waals surface area contributed by atoms with Gasteiger partial charge in [-0.15, -0.1) is 0 Å². The highest BCUT2D eigenvalue weighted by atomic mass is 19.1. The van der Waals surface area contributed by atoms with Gasteiger partial charge in [0.25, 0.3) is 5.91 Å². The predicted octanol–water partition coefficient (Wildman–Crippen LogP) is 1.30. The molecular formula is C26H36FN5O4. The number of piperidine rings is 2. The Morgan fingerprint density at radius 3 is 2.25 bits per heavy atom. The molecule has 3 saturated heterocycles. The van der Waals surface area contributed by atoms with Crippen LogP contribution in [0, 0.1) is 5.82 Å². The number of halogens is 1. The molecule has 1 saturated carbocycles. The first-order valence-corrected chi connectivity index (χ1v) is 13.3. The van der Waals surface area contributed by atoms with Gasteiger partial charge in [0.15, 0.2) is 5.82 Å². The van der Waals surface area contributed by atoms with Crippen LogP contribution in [-0.2, 0) is 20.9 Å². The van der Waals surface area contributed by atoms with E-state index < -0.39 is 11.9 Å². The number of anilines is 1. The fraction of sp³-hybridized carbons (Fsp3) is 0.654. The van der Waals surface area contributed by atoms with Crippen LogP contribution in [0.4, 0.5) is 10.1 Å². The number of fused-ring (bicyclic) bond motifs is 1.